The molecule has 28 heavy (non-hydrogen) atoms. The molecule has 1 aliphatic carbocycles. The third-order valence-corrected chi connectivity index (χ3v) is 7.73. The van der Waals surface area contributed by atoms with E-state index in [1.54, 1.807) is 28.0 Å². The van der Waals surface area contributed by atoms with Gasteiger partial charge in [0.2, 0.25) is 0 Å². The van der Waals surface area contributed by atoms with Crippen LogP contribution in [-0.2, 0) is 29.9 Å². The van der Waals surface area contributed by atoms with E-state index in [0.29, 0.717) is 23.0 Å². The van der Waals surface area contributed by atoms with Gasteiger partial charge in [-0.2, -0.15) is 0 Å². The Hall–Kier alpha value is -1.70. The number of hydrogen-bond donors (Lipinski definition) is 0. The fourth-order valence-electron chi connectivity index (χ4n) is 4.08. The molecular weight excluding hydrogens is 395 g/mol. The van der Waals surface area contributed by atoms with Gasteiger partial charge in [0, 0.05) is 17.2 Å². The van der Waals surface area contributed by atoms with Crippen LogP contribution >= 0.6 is 23.1 Å². The Kier molecular flexibility index (Phi) is 4.99. The molecule has 0 N–H and O–H groups in total. The Balaban J connectivity index is 1.55. The van der Waals surface area contributed by atoms with Crippen LogP contribution in [0.25, 0.3) is 10.2 Å². The molecule has 4 nitrogen and oxygen atoms in total. The van der Waals surface area contributed by atoms with Crippen molar-refractivity contribution in [1.82, 2.24) is 9.55 Å². The van der Waals surface area contributed by atoms with Crippen LogP contribution in [0.1, 0.15) is 35.3 Å². The van der Waals surface area contributed by atoms with E-state index < -0.39 is 0 Å². The Morgan fingerprint density at radius 3 is 3.00 bits per heavy atom. The van der Waals surface area contributed by atoms with Crippen LogP contribution in [0, 0.1) is 5.82 Å². The number of rotatable bonds is 5. The minimum absolute atomic E-state index is 0.0379. The highest BCUT2D eigenvalue weighted by molar-refractivity contribution is 7.98. The Labute approximate surface area is 170 Å². The minimum Gasteiger partial charge on any atom is -0.376 e. The number of thioether (sulfide) groups is 1. The summed E-state index contributed by atoms with van der Waals surface area (Å²) in [5.41, 5.74) is 1.86. The average molecular weight is 417 g/mol. The standard InChI is InChI=1S/C21H21FN2O2S2/c22-16-8-2-1-5-13(16)12-27-21-23-19-18(15-7-3-9-17(15)28-19)20(25)24(21)11-14-6-4-10-26-14/h1-2,5,8,14H,3-4,6-7,9-12H2/t14-/m0/s1. The Morgan fingerprint density at radius 1 is 1.29 bits per heavy atom. The number of aromatic nitrogens is 2. The molecule has 0 spiro atoms. The van der Waals surface area contributed by atoms with Gasteiger partial charge >= 0.3 is 0 Å². The summed E-state index contributed by atoms with van der Waals surface area (Å²) in [6, 6.07) is 6.77. The van der Waals surface area contributed by atoms with Gasteiger partial charge in [-0.3, -0.25) is 9.36 Å². The summed E-state index contributed by atoms with van der Waals surface area (Å²) >= 11 is 3.08. The zero-order valence-corrected chi connectivity index (χ0v) is 17.1. The monoisotopic (exact) mass is 416 g/mol. The molecule has 0 bridgehead atoms. The summed E-state index contributed by atoms with van der Waals surface area (Å²) in [5, 5.41) is 1.46. The molecule has 1 aromatic carbocycles. The fraction of sp³-hybridized carbons (Fsp3) is 0.429. The molecule has 1 atom stereocenters. The number of benzene rings is 1. The first kappa shape index (κ1) is 18.3. The van der Waals surface area contributed by atoms with E-state index in [-0.39, 0.29) is 17.5 Å². The van der Waals surface area contributed by atoms with Crippen molar-refractivity contribution in [2.75, 3.05) is 6.61 Å². The predicted molar refractivity (Wildman–Crippen MR) is 111 cm³/mol. The molecular formula is C21H21FN2O2S2. The van der Waals surface area contributed by atoms with Gasteiger partial charge < -0.3 is 4.74 Å². The van der Waals surface area contributed by atoms with Gasteiger partial charge in [-0.25, -0.2) is 9.37 Å². The molecule has 2 aromatic heterocycles. The number of nitrogens with zero attached hydrogens (tertiary/aromatic N) is 2. The lowest BCUT2D eigenvalue weighted by atomic mass is 10.2. The Morgan fingerprint density at radius 2 is 2.18 bits per heavy atom. The minimum atomic E-state index is -0.223. The van der Waals surface area contributed by atoms with E-state index in [1.165, 1.54) is 28.3 Å². The number of halogens is 1. The number of aryl methyl sites for hydroxylation is 2. The number of hydrogen-bond acceptors (Lipinski definition) is 5. The predicted octanol–water partition coefficient (Wildman–Crippen LogP) is 4.56. The maximum absolute atomic E-state index is 14.0. The molecule has 5 rings (SSSR count). The van der Waals surface area contributed by atoms with Gasteiger partial charge in [-0.15, -0.1) is 11.3 Å². The van der Waals surface area contributed by atoms with Crippen LogP contribution in [-0.4, -0.2) is 22.3 Å². The average Bonchev–Trinajstić information content (AvgIpc) is 3.41. The zero-order valence-electron chi connectivity index (χ0n) is 15.4. The van der Waals surface area contributed by atoms with Gasteiger partial charge in [0.1, 0.15) is 10.6 Å². The molecule has 0 saturated carbocycles. The highest BCUT2D eigenvalue weighted by Crippen LogP contribution is 2.36. The molecule has 1 aliphatic heterocycles. The quantitative estimate of drug-likeness (QED) is 0.452. The number of thiophene rings is 1. The highest BCUT2D eigenvalue weighted by Gasteiger charge is 2.25. The van der Waals surface area contributed by atoms with Crippen molar-refractivity contribution >= 4 is 33.3 Å². The summed E-state index contributed by atoms with van der Waals surface area (Å²) in [4.78, 5) is 20.4. The van der Waals surface area contributed by atoms with E-state index >= 15 is 0 Å². The van der Waals surface area contributed by atoms with Crippen molar-refractivity contribution in [2.45, 2.75) is 55.7 Å². The molecule has 0 amide bonds. The van der Waals surface area contributed by atoms with Crippen LogP contribution in [0.15, 0.2) is 34.2 Å². The lowest BCUT2D eigenvalue weighted by Crippen LogP contribution is -2.28. The molecule has 3 aromatic rings. The van der Waals surface area contributed by atoms with Crippen molar-refractivity contribution in [2.24, 2.45) is 0 Å². The number of fused-ring (bicyclic) bond motifs is 3. The van der Waals surface area contributed by atoms with E-state index in [2.05, 4.69) is 0 Å². The normalized spacial score (nSPS) is 18.8. The largest absolute Gasteiger partial charge is 0.376 e. The Bertz CT molecular complexity index is 1090. The first-order valence-electron chi connectivity index (χ1n) is 9.73. The van der Waals surface area contributed by atoms with Crippen molar-refractivity contribution in [3.05, 3.63) is 56.4 Å². The van der Waals surface area contributed by atoms with Crippen molar-refractivity contribution in [3.63, 3.8) is 0 Å². The SMILES string of the molecule is O=c1c2c3c(sc2nc(SCc2ccccc2F)n1C[C@@H]1CCCO1)CCC3. The third-order valence-electron chi connectivity index (χ3n) is 5.51. The van der Waals surface area contributed by atoms with E-state index in [0.717, 1.165) is 48.9 Å². The highest BCUT2D eigenvalue weighted by atomic mass is 32.2. The van der Waals surface area contributed by atoms with E-state index in [9.17, 15) is 9.18 Å². The van der Waals surface area contributed by atoms with Crippen molar-refractivity contribution in [1.29, 1.82) is 0 Å². The van der Waals surface area contributed by atoms with Crippen LogP contribution in [0.2, 0.25) is 0 Å². The molecule has 7 heteroatoms. The topological polar surface area (TPSA) is 44.1 Å². The molecule has 1 fully saturated rings. The second-order valence-electron chi connectivity index (χ2n) is 7.36. The van der Waals surface area contributed by atoms with E-state index in [4.69, 9.17) is 9.72 Å². The van der Waals surface area contributed by atoms with Crippen molar-refractivity contribution in [3.8, 4) is 0 Å². The lowest BCUT2D eigenvalue weighted by Gasteiger charge is -2.16. The van der Waals surface area contributed by atoms with Crippen molar-refractivity contribution < 1.29 is 9.13 Å². The summed E-state index contributed by atoms with van der Waals surface area (Å²) in [6.45, 7) is 1.27. The van der Waals surface area contributed by atoms with Gasteiger partial charge in [0.05, 0.1) is 18.0 Å². The van der Waals surface area contributed by atoms with Crippen LogP contribution in [0.5, 0.6) is 0 Å². The molecule has 3 heterocycles. The van der Waals surface area contributed by atoms with Crippen LogP contribution in [0.4, 0.5) is 4.39 Å². The molecule has 1 saturated heterocycles. The molecule has 0 radical (unpaired) electrons. The van der Waals surface area contributed by atoms with Gasteiger partial charge in [-0.05, 0) is 49.3 Å². The van der Waals surface area contributed by atoms with Gasteiger partial charge in [0.25, 0.3) is 5.56 Å². The smallest absolute Gasteiger partial charge is 0.263 e. The second-order valence-corrected chi connectivity index (χ2v) is 9.39. The zero-order chi connectivity index (χ0) is 19.1. The lowest BCUT2D eigenvalue weighted by molar-refractivity contribution is 0.0937. The fourth-order valence-corrected chi connectivity index (χ4v) is 6.38. The summed E-state index contributed by atoms with van der Waals surface area (Å²) in [7, 11) is 0. The maximum Gasteiger partial charge on any atom is 0.263 e. The number of ether oxygens (including phenoxy) is 1. The molecule has 0 unspecified atom stereocenters. The first-order valence-corrected chi connectivity index (χ1v) is 11.5. The second kappa shape index (κ2) is 7.61. The summed E-state index contributed by atoms with van der Waals surface area (Å²) in [6.07, 6.45) is 5.17. The summed E-state index contributed by atoms with van der Waals surface area (Å²) in [5.74, 6) is 0.223. The van der Waals surface area contributed by atoms with E-state index in [1.807, 2.05) is 6.07 Å². The first-order chi connectivity index (χ1) is 13.7. The van der Waals surface area contributed by atoms with Crippen LogP contribution in [0.3, 0.4) is 0 Å². The molecule has 2 aliphatic rings. The van der Waals surface area contributed by atoms with Gasteiger partial charge in [0.15, 0.2) is 5.16 Å². The molecule has 146 valence electrons. The van der Waals surface area contributed by atoms with Gasteiger partial charge in [-0.1, -0.05) is 30.0 Å². The third kappa shape index (κ3) is 3.29. The maximum atomic E-state index is 14.0. The van der Waals surface area contributed by atoms with Crippen LogP contribution < -0.4 is 5.56 Å². The summed E-state index contributed by atoms with van der Waals surface area (Å²) < 4.78 is 21.6.